The number of hydrogen-bond donors (Lipinski definition) is 0. The fourth-order valence-corrected chi connectivity index (χ4v) is 3.84. The standard InChI is InChI=1S/C24H16BrN3O2/c1-15-9-11-18(12-10-15)28-14-21(19-7-2-3-8-20(19)24(28)29)23-26-22(27-30-23)16-5-4-6-17(25)13-16/h2-14H,1H3. The van der Waals surface area contributed by atoms with Gasteiger partial charge in [-0.3, -0.25) is 9.36 Å². The SMILES string of the molecule is Cc1ccc(-n2cc(-c3nc(-c4cccc(Br)c4)no3)c3ccccc3c2=O)cc1. The van der Waals surface area contributed by atoms with Gasteiger partial charge in [-0.2, -0.15) is 4.98 Å². The molecule has 2 heterocycles. The van der Waals surface area contributed by atoms with Crippen LogP contribution in [0.2, 0.25) is 0 Å². The van der Waals surface area contributed by atoms with E-state index in [1.807, 2.05) is 79.7 Å². The van der Waals surface area contributed by atoms with Gasteiger partial charge in [0, 0.05) is 32.7 Å². The smallest absolute Gasteiger partial charge is 0.262 e. The molecule has 0 saturated carbocycles. The summed E-state index contributed by atoms with van der Waals surface area (Å²) in [5.41, 5.74) is 3.37. The van der Waals surface area contributed by atoms with Crippen LogP contribution in [0.1, 0.15) is 5.56 Å². The van der Waals surface area contributed by atoms with Gasteiger partial charge in [-0.1, -0.05) is 69.1 Å². The van der Waals surface area contributed by atoms with E-state index in [-0.39, 0.29) is 5.56 Å². The predicted molar refractivity (Wildman–Crippen MR) is 121 cm³/mol. The number of rotatable bonds is 3. The van der Waals surface area contributed by atoms with E-state index in [2.05, 4.69) is 26.1 Å². The zero-order valence-electron chi connectivity index (χ0n) is 16.0. The Morgan fingerprint density at radius 1 is 0.933 bits per heavy atom. The third kappa shape index (κ3) is 3.25. The first-order valence-electron chi connectivity index (χ1n) is 9.41. The van der Waals surface area contributed by atoms with E-state index in [1.54, 1.807) is 10.8 Å². The second kappa shape index (κ2) is 7.39. The number of hydrogen-bond acceptors (Lipinski definition) is 4. The minimum absolute atomic E-state index is 0.0927. The normalized spacial score (nSPS) is 11.1. The van der Waals surface area contributed by atoms with E-state index in [0.29, 0.717) is 22.7 Å². The first-order chi connectivity index (χ1) is 14.6. The van der Waals surface area contributed by atoms with Crippen molar-refractivity contribution >= 4 is 26.7 Å². The average molecular weight is 458 g/mol. The van der Waals surface area contributed by atoms with Crippen LogP contribution in [0.15, 0.2) is 92.8 Å². The lowest BCUT2D eigenvalue weighted by Crippen LogP contribution is -2.18. The summed E-state index contributed by atoms with van der Waals surface area (Å²) in [5.74, 6) is 0.852. The maximum Gasteiger partial charge on any atom is 0.262 e. The lowest BCUT2D eigenvalue weighted by molar-refractivity contribution is 0.432. The predicted octanol–water partition coefficient (Wildman–Crippen LogP) is 5.78. The first-order valence-corrected chi connectivity index (χ1v) is 10.2. The summed E-state index contributed by atoms with van der Waals surface area (Å²) in [6, 6.07) is 23.0. The third-order valence-electron chi connectivity index (χ3n) is 4.98. The van der Waals surface area contributed by atoms with Gasteiger partial charge in [-0.15, -0.1) is 0 Å². The zero-order valence-corrected chi connectivity index (χ0v) is 17.6. The molecule has 6 heteroatoms. The molecule has 0 spiro atoms. The molecule has 0 amide bonds. The highest BCUT2D eigenvalue weighted by atomic mass is 79.9. The molecule has 0 N–H and O–H groups in total. The van der Waals surface area contributed by atoms with Crippen molar-refractivity contribution in [1.29, 1.82) is 0 Å². The molecule has 0 aliphatic carbocycles. The van der Waals surface area contributed by atoms with Crippen molar-refractivity contribution < 1.29 is 4.52 Å². The van der Waals surface area contributed by atoms with Gasteiger partial charge in [0.2, 0.25) is 5.82 Å². The summed E-state index contributed by atoms with van der Waals surface area (Å²) < 4.78 is 8.17. The van der Waals surface area contributed by atoms with E-state index in [9.17, 15) is 4.79 Å². The van der Waals surface area contributed by atoms with Crippen LogP contribution in [0.4, 0.5) is 0 Å². The van der Waals surface area contributed by atoms with Crippen molar-refractivity contribution in [3.05, 3.63) is 99.4 Å². The number of pyridine rings is 1. The topological polar surface area (TPSA) is 60.9 Å². The van der Waals surface area contributed by atoms with Crippen molar-refractivity contribution in [3.63, 3.8) is 0 Å². The highest BCUT2D eigenvalue weighted by molar-refractivity contribution is 9.10. The van der Waals surface area contributed by atoms with E-state index >= 15 is 0 Å². The first kappa shape index (κ1) is 18.5. The fourth-order valence-electron chi connectivity index (χ4n) is 3.44. The summed E-state index contributed by atoms with van der Waals surface area (Å²) in [6.07, 6.45) is 1.77. The number of nitrogens with zero attached hydrogens (tertiary/aromatic N) is 3. The molecular formula is C24H16BrN3O2. The molecule has 0 aliphatic rings. The molecular weight excluding hydrogens is 442 g/mol. The van der Waals surface area contributed by atoms with Crippen LogP contribution in [0, 0.1) is 6.92 Å². The third-order valence-corrected chi connectivity index (χ3v) is 5.47. The van der Waals surface area contributed by atoms with Crippen molar-refractivity contribution in [2.75, 3.05) is 0 Å². The van der Waals surface area contributed by atoms with E-state index in [4.69, 9.17) is 4.52 Å². The Balaban J connectivity index is 1.72. The largest absolute Gasteiger partial charge is 0.334 e. The molecule has 5 rings (SSSR count). The molecule has 0 aliphatic heterocycles. The van der Waals surface area contributed by atoms with Gasteiger partial charge in [-0.05, 0) is 37.3 Å². The summed E-state index contributed by atoms with van der Waals surface area (Å²) in [7, 11) is 0. The molecule has 0 bridgehead atoms. The highest BCUT2D eigenvalue weighted by Crippen LogP contribution is 2.29. The minimum atomic E-state index is -0.0927. The Hall–Kier alpha value is -3.51. The molecule has 0 saturated heterocycles. The average Bonchev–Trinajstić information content (AvgIpc) is 3.25. The van der Waals surface area contributed by atoms with Gasteiger partial charge in [0.15, 0.2) is 0 Å². The highest BCUT2D eigenvalue weighted by Gasteiger charge is 2.17. The summed E-state index contributed by atoms with van der Waals surface area (Å²) in [5, 5.41) is 5.52. The van der Waals surface area contributed by atoms with Crippen molar-refractivity contribution in [2.45, 2.75) is 6.92 Å². The number of fused-ring (bicyclic) bond motifs is 1. The second-order valence-corrected chi connectivity index (χ2v) is 7.95. The molecule has 30 heavy (non-hydrogen) atoms. The molecule has 0 unspecified atom stereocenters. The Bertz CT molecular complexity index is 1440. The lowest BCUT2D eigenvalue weighted by Gasteiger charge is -2.10. The van der Waals surface area contributed by atoms with Crippen LogP contribution in [0.3, 0.4) is 0 Å². The molecule has 0 fully saturated rings. The second-order valence-electron chi connectivity index (χ2n) is 7.03. The molecule has 0 atom stereocenters. The maximum absolute atomic E-state index is 13.2. The van der Waals surface area contributed by atoms with Crippen molar-refractivity contribution in [3.8, 4) is 28.5 Å². The number of aromatic nitrogens is 3. The zero-order chi connectivity index (χ0) is 20.7. The summed E-state index contributed by atoms with van der Waals surface area (Å²) in [6.45, 7) is 2.01. The van der Waals surface area contributed by atoms with Gasteiger partial charge in [0.1, 0.15) is 0 Å². The lowest BCUT2D eigenvalue weighted by atomic mass is 10.1. The monoisotopic (exact) mass is 457 g/mol. The quantitative estimate of drug-likeness (QED) is 0.344. The molecule has 5 aromatic rings. The Labute approximate surface area is 180 Å². The minimum Gasteiger partial charge on any atom is -0.334 e. The van der Waals surface area contributed by atoms with Crippen LogP contribution in [-0.2, 0) is 0 Å². The van der Waals surface area contributed by atoms with Gasteiger partial charge in [-0.25, -0.2) is 0 Å². The van der Waals surface area contributed by atoms with Crippen LogP contribution in [-0.4, -0.2) is 14.7 Å². The van der Waals surface area contributed by atoms with E-state index in [0.717, 1.165) is 26.7 Å². The Kier molecular flexibility index (Phi) is 4.56. The van der Waals surface area contributed by atoms with Crippen LogP contribution in [0.25, 0.3) is 39.3 Å². The molecule has 0 radical (unpaired) electrons. The number of aryl methyl sites for hydroxylation is 1. The van der Waals surface area contributed by atoms with Gasteiger partial charge >= 0.3 is 0 Å². The van der Waals surface area contributed by atoms with Crippen molar-refractivity contribution in [1.82, 2.24) is 14.7 Å². The Morgan fingerprint density at radius 2 is 1.70 bits per heavy atom. The van der Waals surface area contributed by atoms with Gasteiger partial charge < -0.3 is 4.52 Å². The van der Waals surface area contributed by atoms with Gasteiger partial charge in [0.05, 0.1) is 5.56 Å². The van der Waals surface area contributed by atoms with Crippen LogP contribution in [0.5, 0.6) is 0 Å². The van der Waals surface area contributed by atoms with E-state index < -0.39 is 0 Å². The fraction of sp³-hybridized carbons (Fsp3) is 0.0417. The van der Waals surface area contributed by atoms with E-state index in [1.165, 1.54) is 0 Å². The summed E-state index contributed by atoms with van der Waals surface area (Å²) >= 11 is 3.47. The maximum atomic E-state index is 13.2. The van der Waals surface area contributed by atoms with Crippen LogP contribution >= 0.6 is 15.9 Å². The molecule has 3 aromatic carbocycles. The number of halogens is 1. The van der Waals surface area contributed by atoms with Gasteiger partial charge in [0.25, 0.3) is 11.4 Å². The molecule has 5 nitrogen and oxygen atoms in total. The van der Waals surface area contributed by atoms with Crippen molar-refractivity contribution in [2.24, 2.45) is 0 Å². The van der Waals surface area contributed by atoms with Crippen LogP contribution < -0.4 is 5.56 Å². The summed E-state index contributed by atoms with van der Waals surface area (Å²) in [4.78, 5) is 17.8. The Morgan fingerprint density at radius 3 is 2.47 bits per heavy atom. The number of benzene rings is 3. The molecule has 146 valence electrons. The molecule has 2 aromatic heterocycles.